The Hall–Kier alpha value is -2.86. The number of alkyl carbamates (subject to hydrolysis) is 1. The second kappa shape index (κ2) is 12.5. The number of rotatable bonds is 8. The van der Waals surface area contributed by atoms with Crippen LogP contribution in [-0.4, -0.2) is 65.0 Å². The molecule has 1 saturated heterocycles. The van der Waals surface area contributed by atoms with E-state index in [9.17, 15) is 14.0 Å². The molecule has 0 spiro atoms. The number of nitrogens with zero attached hydrogens (tertiary/aromatic N) is 4. The molecule has 0 aliphatic carbocycles. The zero-order valence-corrected chi connectivity index (χ0v) is 24.7. The van der Waals surface area contributed by atoms with E-state index in [1.807, 2.05) is 11.8 Å². The molecule has 214 valence electrons. The quantitative estimate of drug-likeness (QED) is 0.399. The largest absolute Gasteiger partial charge is 0.461 e. The van der Waals surface area contributed by atoms with Crippen LogP contribution in [0.15, 0.2) is 22.2 Å². The van der Waals surface area contributed by atoms with Gasteiger partial charge in [-0.2, -0.15) is 0 Å². The third kappa shape index (κ3) is 7.63. The number of piperidine rings is 1. The first-order chi connectivity index (χ1) is 18.3. The number of nitrogens with two attached hydrogens (primary N) is 1. The molecule has 39 heavy (non-hydrogen) atoms. The minimum atomic E-state index is -0.725. The van der Waals surface area contributed by atoms with Crippen molar-refractivity contribution < 1.29 is 23.5 Å². The van der Waals surface area contributed by atoms with Gasteiger partial charge in [-0.1, -0.05) is 30.3 Å². The topological polar surface area (TPSA) is 133 Å². The number of aromatic nitrogens is 3. The lowest BCUT2D eigenvalue weighted by molar-refractivity contribution is 0.0402. The van der Waals surface area contributed by atoms with E-state index in [2.05, 4.69) is 15.3 Å². The van der Waals surface area contributed by atoms with E-state index in [1.165, 1.54) is 11.8 Å². The van der Waals surface area contributed by atoms with Gasteiger partial charge >= 0.3 is 12.1 Å². The SMILES string of the molecule is CCOC(=O)c1nc(Sc2ccnc(N)c2Cl)c(C)nc1N1CCC(C)(C(CF)NC(=O)OC(C)(C)C)CC1. The molecule has 3 N–H and O–H groups in total. The number of ether oxygens (including phenoxy) is 2. The second-order valence-corrected chi connectivity index (χ2v) is 12.0. The lowest BCUT2D eigenvalue weighted by Crippen LogP contribution is -2.53. The summed E-state index contributed by atoms with van der Waals surface area (Å²) in [5.41, 5.74) is 5.30. The number of esters is 1. The van der Waals surface area contributed by atoms with Crippen molar-refractivity contribution in [1.29, 1.82) is 0 Å². The maximum absolute atomic E-state index is 14.1. The summed E-state index contributed by atoms with van der Waals surface area (Å²) in [4.78, 5) is 41.2. The van der Waals surface area contributed by atoms with Gasteiger partial charge in [0.25, 0.3) is 0 Å². The maximum Gasteiger partial charge on any atom is 0.407 e. The fourth-order valence-corrected chi connectivity index (χ4v) is 5.29. The summed E-state index contributed by atoms with van der Waals surface area (Å²) in [6.45, 7) is 11.1. The Kier molecular flexibility index (Phi) is 9.87. The van der Waals surface area contributed by atoms with Gasteiger partial charge in [0.2, 0.25) is 0 Å². The zero-order chi connectivity index (χ0) is 29.0. The smallest absolute Gasteiger partial charge is 0.407 e. The molecule has 0 saturated carbocycles. The van der Waals surface area contributed by atoms with E-state index in [4.69, 9.17) is 31.8 Å². The third-order valence-corrected chi connectivity index (χ3v) is 8.11. The lowest BCUT2D eigenvalue weighted by atomic mass is 9.74. The van der Waals surface area contributed by atoms with Crippen LogP contribution in [0.25, 0.3) is 0 Å². The predicted octanol–water partition coefficient (Wildman–Crippen LogP) is 5.21. The number of nitrogen functional groups attached to an aromatic ring is 1. The highest BCUT2D eigenvalue weighted by Gasteiger charge is 2.40. The summed E-state index contributed by atoms with van der Waals surface area (Å²) in [5.74, 6) is -0.00281. The Labute approximate surface area is 237 Å². The Morgan fingerprint density at radius 3 is 2.56 bits per heavy atom. The summed E-state index contributed by atoms with van der Waals surface area (Å²) in [6, 6.07) is 0.990. The molecule has 1 atom stereocenters. The molecule has 0 aromatic carbocycles. The van der Waals surface area contributed by atoms with Crippen molar-refractivity contribution in [3.8, 4) is 0 Å². The molecule has 3 rings (SSSR count). The van der Waals surface area contributed by atoms with Crippen molar-refractivity contribution in [2.75, 3.05) is 37.0 Å². The number of hydrogen-bond acceptors (Lipinski definition) is 10. The molecule has 1 amide bonds. The Morgan fingerprint density at radius 1 is 1.31 bits per heavy atom. The number of anilines is 2. The highest BCUT2D eigenvalue weighted by atomic mass is 35.5. The van der Waals surface area contributed by atoms with Crippen LogP contribution in [0.1, 0.15) is 63.6 Å². The second-order valence-electron chi connectivity index (χ2n) is 10.6. The van der Waals surface area contributed by atoms with E-state index in [1.54, 1.807) is 46.9 Å². The summed E-state index contributed by atoms with van der Waals surface area (Å²) in [7, 11) is 0. The van der Waals surface area contributed by atoms with Gasteiger partial charge in [-0.15, -0.1) is 0 Å². The van der Waals surface area contributed by atoms with Crippen molar-refractivity contribution >= 4 is 47.1 Å². The van der Waals surface area contributed by atoms with Gasteiger partial charge in [0, 0.05) is 24.2 Å². The molecule has 3 heterocycles. The first kappa shape index (κ1) is 30.7. The Balaban J connectivity index is 1.84. The van der Waals surface area contributed by atoms with Crippen molar-refractivity contribution in [1.82, 2.24) is 20.3 Å². The lowest BCUT2D eigenvalue weighted by Gasteiger charge is -2.44. The van der Waals surface area contributed by atoms with E-state index in [0.717, 1.165) is 0 Å². The molecular weight excluding hydrogens is 547 g/mol. The molecule has 13 heteroatoms. The predicted molar refractivity (Wildman–Crippen MR) is 149 cm³/mol. The summed E-state index contributed by atoms with van der Waals surface area (Å²) in [5, 5.41) is 3.48. The Bertz CT molecular complexity index is 1200. The standard InChI is InChI=1S/C26H36ClFN6O4S/c1-7-37-23(35)19-21(31-15(2)22(33-19)39-16-8-11-30-20(29)18(16)27)34-12-9-26(6,10-13-34)17(14-28)32-24(36)38-25(3,4)5/h8,11,17H,7,9-10,12-14H2,1-6H3,(H2,29,30)(H,32,36). The summed E-state index contributed by atoms with van der Waals surface area (Å²) < 4.78 is 24.7. The van der Waals surface area contributed by atoms with Gasteiger partial charge in [0.1, 0.15) is 23.1 Å². The number of carbonyl (C=O) groups excluding carboxylic acids is 2. The molecule has 2 aromatic heterocycles. The number of carbonyl (C=O) groups is 2. The van der Waals surface area contributed by atoms with Gasteiger partial charge in [-0.25, -0.2) is 28.9 Å². The molecule has 10 nitrogen and oxygen atoms in total. The number of hydrogen-bond donors (Lipinski definition) is 2. The normalized spacial score (nSPS) is 15.9. The van der Waals surface area contributed by atoms with Crippen molar-refractivity contribution in [3.63, 3.8) is 0 Å². The van der Waals surface area contributed by atoms with Gasteiger partial charge in [0.15, 0.2) is 11.5 Å². The average molecular weight is 583 g/mol. The van der Waals surface area contributed by atoms with Crippen LogP contribution in [0.2, 0.25) is 5.02 Å². The van der Waals surface area contributed by atoms with Crippen molar-refractivity contribution in [2.24, 2.45) is 5.41 Å². The summed E-state index contributed by atoms with van der Waals surface area (Å²) in [6.07, 6.45) is 1.98. The molecule has 1 aliphatic heterocycles. The zero-order valence-electron chi connectivity index (χ0n) is 23.1. The van der Waals surface area contributed by atoms with Gasteiger partial charge in [0.05, 0.1) is 23.4 Å². The molecule has 2 aromatic rings. The van der Waals surface area contributed by atoms with Crippen molar-refractivity contribution in [2.45, 2.75) is 75.9 Å². The van der Waals surface area contributed by atoms with E-state index in [-0.39, 0.29) is 18.1 Å². The Morgan fingerprint density at radius 2 is 1.97 bits per heavy atom. The highest BCUT2D eigenvalue weighted by Crippen LogP contribution is 2.39. The van der Waals surface area contributed by atoms with Crippen LogP contribution in [0.4, 0.5) is 20.8 Å². The molecule has 1 fully saturated rings. The third-order valence-electron chi connectivity index (χ3n) is 6.46. The minimum Gasteiger partial charge on any atom is -0.461 e. The molecule has 1 aliphatic rings. The van der Waals surface area contributed by atoms with Crippen LogP contribution in [0.5, 0.6) is 0 Å². The number of nitrogens with one attached hydrogen (secondary N) is 1. The van der Waals surface area contributed by atoms with E-state index < -0.39 is 35.8 Å². The van der Waals surface area contributed by atoms with E-state index >= 15 is 0 Å². The highest BCUT2D eigenvalue weighted by molar-refractivity contribution is 7.99. The average Bonchev–Trinajstić information content (AvgIpc) is 2.85. The van der Waals surface area contributed by atoms with Crippen LogP contribution in [-0.2, 0) is 9.47 Å². The molecule has 0 radical (unpaired) electrons. The molecule has 1 unspecified atom stereocenters. The fraction of sp³-hybridized carbons (Fsp3) is 0.577. The number of pyridine rings is 1. The molecule has 0 bridgehead atoms. The monoisotopic (exact) mass is 582 g/mol. The van der Waals surface area contributed by atoms with Crippen LogP contribution in [0.3, 0.4) is 0 Å². The van der Waals surface area contributed by atoms with Gasteiger partial charge in [-0.3, -0.25) is 0 Å². The number of amides is 1. The van der Waals surface area contributed by atoms with Crippen LogP contribution in [0, 0.1) is 12.3 Å². The number of alkyl halides is 1. The van der Waals surface area contributed by atoms with Gasteiger partial charge < -0.3 is 25.4 Å². The first-order valence-electron chi connectivity index (χ1n) is 12.7. The number of aryl methyl sites for hydroxylation is 1. The van der Waals surface area contributed by atoms with Crippen LogP contribution < -0.4 is 16.0 Å². The van der Waals surface area contributed by atoms with E-state index in [0.29, 0.717) is 52.4 Å². The summed E-state index contributed by atoms with van der Waals surface area (Å²) >= 11 is 7.54. The van der Waals surface area contributed by atoms with Gasteiger partial charge in [-0.05, 0) is 58.9 Å². The minimum absolute atomic E-state index is 0.0839. The van der Waals surface area contributed by atoms with Crippen molar-refractivity contribution in [3.05, 3.63) is 28.7 Å². The van der Waals surface area contributed by atoms with Crippen LogP contribution >= 0.6 is 23.4 Å². The first-order valence-corrected chi connectivity index (χ1v) is 13.9. The maximum atomic E-state index is 14.1. The number of halogens is 2. The fourth-order valence-electron chi connectivity index (χ4n) is 4.20. The molecular formula is C26H36ClFN6O4S.